The highest BCUT2D eigenvalue weighted by Crippen LogP contribution is 2.12. The van der Waals surface area contributed by atoms with Gasteiger partial charge < -0.3 is 10.4 Å². The van der Waals surface area contributed by atoms with Crippen LogP contribution in [0.1, 0.15) is 17.4 Å². The molecule has 0 bridgehead atoms. The molecule has 0 atom stereocenters. The van der Waals surface area contributed by atoms with Gasteiger partial charge in [0.1, 0.15) is 11.3 Å². The highest BCUT2D eigenvalue weighted by Gasteiger charge is 2.10. The molecule has 0 aliphatic rings. The molecule has 0 spiro atoms. The average Bonchev–Trinajstić information content (AvgIpc) is 2.57. The van der Waals surface area contributed by atoms with Gasteiger partial charge in [-0.2, -0.15) is 0 Å². The predicted molar refractivity (Wildman–Crippen MR) is 56.5 cm³/mol. The van der Waals surface area contributed by atoms with Crippen molar-refractivity contribution in [3.05, 3.63) is 30.1 Å². The number of carbonyl (C=O) groups excluding carboxylic acids is 1. The quantitative estimate of drug-likeness (QED) is 0.788. The number of amides is 1. The number of nitrogens with zero attached hydrogens (tertiary/aromatic N) is 2. The summed E-state index contributed by atoms with van der Waals surface area (Å²) < 4.78 is 1.41. The average molecular weight is 219 g/mol. The Morgan fingerprint density at radius 1 is 1.44 bits per heavy atom. The predicted octanol–water partition coefficient (Wildman–Crippen LogP) is 0.991. The monoisotopic (exact) mass is 219 g/mol. The summed E-state index contributed by atoms with van der Waals surface area (Å²) in [6.45, 7) is 1.36. The number of rotatable bonds is 2. The second-order valence-corrected chi connectivity index (χ2v) is 3.25. The molecule has 2 N–H and O–H groups in total. The Labute approximate surface area is 90.5 Å². The van der Waals surface area contributed by atoms with Crippen LogP contribution in [0.5, 0.6) is 0 Å². The number of fused-ring (bicyclic) bond motifs is 1. The number of hydrogen-bond acceptors (Lipinski definition) is 3. The molecule has 16 heavy (non-hydrogen) atoms. The molecular weight excluding hydrogens is 210 g/mol. The van der Waals surface area contributed by atoms with E-state index in [2.05, 4.69) is 10.3 Å². The Balaban J connectivity index is 2.56. The lowest BCUT2D eigenvalue weighted by Gasteiger charge is -1.97. The van der Waals surface area contributed by atoms with Crippen molar-refractivity contribution in [2.45, 2.75) is 6.92 Å². The first-order chi connectivity index (χ1) is 7.58. The summed E-state index contributed by atoms with van der Waals surface area (Å²) in [6, 6.07) is 4.73. The third kappa shape index (κ3) is 1.72. The highest BCUT2D eigenvalue weighted by atomic mass is 16.4. The van der Waals surface area contributed by atoms with Gasteiger partial charge in [0.2, 0.25) is 5.91 Å². The van der Waals surface area contributed by atoms with Crippen LogP contribution in [-0.2, 0) is 4.79 Å². The van der Waals surface area contributed by atoms with Gasteiger partial charge in [0.05, 0.1) is 6.20 Å². The zero-order valence-electron chi connectivity index (χ0n) is 8.47. The first kappa shape index (κ1) is 10.2. The zero-order chi connectivity index (χ0) is 11.7. The normalized spacial score (nSPS) is 10.3. The fourth-order valence-electron chi connectivity index (χ4n) is 1.43. The summed E-state index contributed by atoms with van der Waals surface area (Å²) in [7, 11) is 0. The van der Waals surface area contributed by atoms with Gasteiger partial charge in [-0.3, -0.25) is 9.20 Å². The van der Waals surface area contributed by atoms with E-state index in [1.807, 2.05) is 0 Å². The number of aromatic carboxylic acids is 1. The van der Waals surface area contributed by atoms with E-state index in [0.29, 0.717) is 11.5 Å². The number of nitrogens with one attached hydrogen (secondary N) is 1. The number of hydrogen-bond donors (Lipinski definition) is 2. The van der Waals surface area contributed by atoms with Crippen LogP contribution < -0.4 is 5.32 Å². The van der Waals surface area contributed by atoms with Crippen LogP contribution in [0.15, 0.2) is 24.4 Å². The van der Waals surface area contributed by atoms with Crippen LogP contribution in [-0.4, -0.2) is 26.4 Å². The standard InChI is InChI=1S/C10H9N3O3/c1-6(14)11-8-5-13-7(10(15)16)3-2-4-9(13)12-8/h2-5H,1H3,(H,11,14)(H,15,16). The van der Waals surface area contributed by atoms with E-state index in [1.54, 1.807) is 12.1 Å². The summed E-state index contributed by atoms with van der Waals surface area (Å²) in [5.74, 6) is -0.959. The van der Waals surface area contributed by atoms with Gasteiger partial charge in [0.25, 0.3) is 0 Å². The van der Waals surface area contributed by atoms with E-state index >= 15 is 0 Å². The van der Waals surface area contributed by atoms with Crippen molar-refractivity contribution in [2.24, 2.45) is 0 Å². The fourth-order valence-corrected chi connectivity index (χ4v) is 1.43. The molecule has 0 saturated heterocycles. The van der Waals surface area contributed by atoms with Gasteiger partial charge in [0, 0.05) is 6.92 Å². The largest absolute Gasteiger partial charge is 0.477 e. The second kappa shape index (κ2) is 3.65. The van der Waals surface area contributed by atoms with E-state index in [0.717, 1.165) is 0 Å². The van der Waals surface area contributed by atoms with E-state index in [4.69, 9.17) is 5.11 Å². The van der Waals surface area contributed by atoms with Crippen molar-refractivity contribution < 1.29 is 14.7 Å². The molecule has 2 heterocycles. The summed E-state index contributed by atoms with van der Waals surface area (Å²) in [5.41, 5.74) is 0.574. The molecule has 0 fully saturated rings. The molecule has 0 unspecified atom stereocenters. The smallest absolute Gasteiger partial charge is 0.352 e. The number of carboxylic acid groups (broad SMARTS) is 1. The maximum Gasteiger partial charge on any atom is 0.352 e. The third-order valence-corrected chi connectivity index (χ3v) is 2.02. The number of carbonyl (C=O) groups is 2. The lowest BCUT2D eigenvalue weighted by atomic mass is 10.3. The Morgan fingerprint density at radius 3 is 2.81 bits per heavy atom. The van der Waals surface area contributed by atoms with Gasteiger partial charge in [-0.05, 0) is 12.1 Å². The Bertz CT molecular complexity index is 574. The number of carboxylic acids is 1. The van der Waals surface area contributed by atoms with Crippen LogP contribution in [0.4, 0.5) is 5.82 Å². The molecular formula is C10H9N3O3. The topological polar surface area (TPSA) is 83.7 Å². The Hall–Kier alpha value is -2.37. The zero-order valence-corrected chi connectivity index (χ0v) is 8.47. The third-order valence-electron chi connectivity index (χ3n) is 2.02. The molecule has 0 radical (unpaired) electrons. The molecule has 2 rings (SSSR count). The number of anilines is 1. The maximum absolute atomic E-state index is 10.9. The minimum Gasteiger partial charge on any atom is -0.477 e. The molecule has 0 aromatic carbocycles. The molecule has 0 aliphatic heterocycles. The molecule has 0 saturated carbocycles. The maximum atomic E-state index is 10.9. The van der Waals surface area contributed by atoms with E-state index in [1.165, 1.54) is 23.6 Å². The summed E-state index contributed by atoms with van der Waals surface area (Å²) in [4.78, 5) is 25.8. The highest BCUT2D eigenvalue weighted by molar-refractivity contribution is 5.89. The number of imidazole rings is 1. The number of pyridine rings is 1. The van der Waals surface area contributed by atoms with Crippen LogP contribution in [0.2, 0.25) is 0 Å². The first-order valence-corrected chi connectivity index (χ1v) is 4.57. The van der Waals surface area contributed by atoms with Crippen molar-refractivity contribution in [1.29, 1.82) is 0 Å². The van der Waals surface area contributed by atoms with Crippen molar-refractivity contribution in [2.75, 3.05) is 5.32 Å². The molecule has 2 aromatic rings. The summed E-state index contributed by atoms with van der Waals surface area (Å²) >= 11 is 0. The molecule has 82 valence electrons. The van der Waals surface area contributed by atoms with Gasteiger partial charge in [-0.15, -0.1) is 0 Å². The molecule has 6 heteroatoms. The van der Waals surface area contributed by atoms with Crippen molar-refractivity contribution in [3.63, 3.8) is 0 Å². The first-order valence-electron chi connectivity index (χ1n) is 4.57. The van der Waals surface area contributed by atoms with Crippen molar-refractivity contribution in [3.8, 4) is 0 Å². The van der Waals surface area contributed by atoms with Gasteiger partial charge in [0.15, 0.2) is 5.82 Å². The van der Waals surface area contributed by atoms with Crippen LogP contribution in [0.25, 0.3) is 5.65 Å². The van der Waals surface area contributed by atoms with Crippen LogP contribution >= 0.6 is 0 Å². The number of aromatic nitrogens is 2. The Morgan fingerprint density at radius 2 is 2.19 bits per heavy atom. The summed E-state index contributed by atoms with van der Waals surface area (Å²) in [6.07, 6.45) is 1.47. The van der Waals surface area contributed by atoms with E-state index in [9.17, 15) is 9.59 Å². The van der Waals surface area contributed by atoms with E-state index in [-0.39, 0.29) is 11.6 Å². The lowest BCUT2D eigenvalue weighted by Crippen LogP contribution is -2.06. The van der Waals surface area contributed by atoms with Crippen molar-refractivity contribution in [1.82, 2.24) is 9.38 Å². The summed E-state index contributed by atoms with van der Waals surface area (Å²) in [5, 5.41) is 11.4. The fraction of sp³-hybridized carbons (Fsp3) is 0.100. The SMILES string of the molecule is CC(=O)Nc1cn2c(C(=O)O)cccc2n1. The van der Waals surface area contributed by atoms with E-state index < -0.39 is 5.97 Å². The minimum absolute atomic E-state index is 0.0987. The van der Waals surface area contributed by atoms with Crippen molar-refractivity contribution >= 4 is 23.3 Å². The minimum atomic E-state index is -1.04. The molecule has 6 nitrogen and oxygen atoms in total. The van der Waals surface area contributed by atoms with Gasteiger partial charge in [-0.1, -0.05) is 6.07 Å². The van der Waals surface area contributed by atoms with Gasteiger partial charge >= 0.3 is 5.97 Å². The Kier molecular flexibility index (Phi) is 2.32. The molecule has 1 amide bonds. The molecule has 0 aliphatic carbocycles. The van der Waals surface area contributed by atoms with Crippen LogP contribution in [0, 0.1) is 0 Å². The van der Waals surface area contributed by atoms with Gasteiger partial charge in [-0.25, -0.2) is 9.78 Å². The lowest BCUT2D eigenvalue weighted by molar-refractivity contribution is -0.114. The van der Waals surface area contributed by atoms with Crippen LogP contribution in [0.3, 0.4) is 0 Å². The molecule has 2 aromatic heterocycles. The second-order valence-electron chi connectivity index (χ2n) is 3.25.